The predicted octanol–water partition coefficient (Wildman–Crippen LogP) is 2.51. The number of carbonyl (C=O) groups excluding carboxylic acids is 1. The van der Waals surface area contributed by atoms with E-state index in [1.807, 2.05) is 30.3 Å². The standard InChI is InChI=1S/C15H15O5P/c16-15(21(17,18)19)10-12-6-8-14(9-7-12)20-11-13-4-2-1-3-5-13/h1-9H,10-11H2,(H2,17,18,19). The average Bonchev–Trinajstić information content (AvgIpc) is 2.46. The van der Waals surface area contributed by atoms with Crippen LogP contribution in [0.1, 0.15) is 11.1 Å². The molecule has 0 saturated heterocycles. The van der Waals surface area contributed by atoms with E-state index in [-0.39, 0.29) is 6.42 Å². The van der Waals surface area contributed by atoms with Crippen molar-refractivity contribution < 1.29 is 23.9 Å². The molecule has 0 amide bonds. The van der Waals surface area contributed by atoms with E-state index in [4.69, 9.17) is 14.5 Å². The summed E-state index contributed by atoms with van der Waals surface area (Å²) in [6.07, 6.45) is -0.288. The zero-order chi connectivity index (χ0) is 15.3. The Morgan fingerprint density at radius 1 is 0.952 bits per heavy atom. The van der Waals surface area contributed by atoms with Crippen molar-refractivity contribution in [1.29, 1.82) is 0 Å². The van der Waals surface area contributed by atoms with Crippen molar-refractivity contribution in [3.05, 3.63) is 65.7 Å². The molecule has 0 saturated carbocycles. The first kappa shape index (κ1) is 15.4. The lowest BCUT2D eigenvalue weighted by Gasteiger charge is -2.07. The summed E-state index contributed by atoms with van der Waals surface area (Å²) in [6.45, 7) is 0.432. The topological polar surface area (TPSA) is 83.8 Å². The van der Waals surface area contributed by atoms with Crippen LogP contribution in [0.5, 0.6) is 5.75 Å². The van der Waals surface area contributed by atoms with Crippen molar-refractivity contribution in [2.75, 3.05) is 0 Å². The minimum Gasteiger partial charge on any atom is -0.489 e. The van der Waals surface area contributed by atoms with E-state index >= 15 is 0 Å². The van der Waals surface area contributed by atoms with Crippen LogP contribution in [0.2, 0.25) is 0 Å². The highest BCUT2D eigenvalue weighted by Gasteiger charge is 2.25. The number of ether oxygens (including phenoxy) is 1. The van der Waals surface area contributed by atoms with Gasteiger partial charge in [0, 0.05) is 6.42 Å². The highest BCUT2D eigenvalue weighted by molar-refractivity contribution is 7.70. The Labute approximate surface area is 122 Å². The van der Waals surface area contributed by atoms with E-state index in [0.717, 1.165) is 5.56 Å². The number of carbonyl (C=O) groups is 1. The summed E-state index contributed by atoms with van der Waals surface area (Å²) in [4.78, 5) is 28.7. The van der Waals surface area contributed by atoms with Gasteiger partial charge in [0.2, 0.25) is 5.52 Å². The van der Waals surface area contributed by atoms with Crippen LogP contribution in [0.3, 0.4) is 0 Å². The lowest BCUT2D eigenvalue weighted by Crippen LogP contribution is -2.03. The summed E-state index contributed by atoms with van der Waals surface area (Å²) in [7, 11) is -4.66. The van der Waals surface area contributed by atoms with Gasteiger partial charge in [-0.3, -0.25) is 9.36 Å². The molecule has 2 N–H and O–H groups in total. The SMILES string of the molecule is O=C(Cc1ccc(OCc2ccccc2)cc1)P(=O)(O)O. The summed E-state index contributed by atoms with van der Waals surface area (Å²) < 4.78 is 16.4. The normalized spacial score (nSPS) is 11.1. The highest BCUT2D eigenvalue weighted by Crippen LogP contribution is 2.36. The molecule has 5 nitrogen and oxygen atoms in total. The van der Waals surface area contributed by atoms with Gasteiger partial charge in [-0.1, -0.05) is 42.5 Å². The fourth-order valence-corrected chi connectivity index (χ4v) is 2.11. The third-order valence-corrected chi connectivity index (χ3v) is 3.66. The number of hydrogen-bond acceptors (Lipinski definition) is 3. The molecule has 0 fully saturated rings. The molecule has 6 heteroatoms. The van der Waals surface area contributed by atoms with Crippen LogP contribution < -0.4 is 4.74 Å². The number of benzene rings is 2. The average molecular weight is 306 g/mol. The third-order valence-electron chi connectivity index (χ3n) is 2.85. The lowest BCUT2D eigenvalue weighted by atomic mass is 10.1. The minimum atomic E-state index is -4.66. The van der Waals surface area contributed by atoms with Gasteiger partial charge in [-0.25, -0.2) is 0 Å². The Bertz CT molecular complexity index is 646. The molecule has 0 aliphatic heterocycles. The van der Waals surface area contributed by atoms with E-state index in [2.05, 4.69) is 0 Å². The van der Waals surface area contributed by atoms with Crippen molar-refractivity contribution in [2.45, 2.75) is 13.0 Å². The molecule has 0 radical (unpaired) electrons. The monoisotopic (exact) mass is 306 g/mol. The van der Waals surface area contributed by atoms with Crippen molar-refractivity contribution >= 4 is 13.1 Å². The second-order valence-corrected chi connectivity index (χ2v) is 6.12. The second-order valence-electron chi connectivity index (χ2n) is 4.53. The first-order valence-electron chi connectivity index (χ1n) is 6.30. The zero-order valence-corrected chi connectivity index (χ0v) is 12.1. The van der Waals surface area contributed by atoms with Crippen molar-refractivity contribution in [3.63, 3.8) is 0 Å². The molecule has 0 aromatic heterocycles. The minimum absolute atomic E-state index is 0.288. The van der Waals surface area contributed by atoms with Gasteiger partial charge in [-0.2, -0.15) is 0 Å². The first-order valence-corrected chi connectivity index (χ1v) is 7.91. The molecule has 2 rings (SSSR count). The van der Waals surface area contributed by atoms with E-state index in [1.54, 1.807) is 24.3 Å². The van der Waals surface area contributed by atoms with Crippen LogP contribution in [0.25, 0.3) is 0 Å². The summed E-state index contributed by atoms with van der Waals surface area (Å²) in [5.41, 5.74) is 0.495. The number of rotatable bonds is 6. The van der Waals surface area contributed by atoms with Gasteiger partial charge in [0.25, 0.3) is 0 Å². The molecule has 0 aliphatic rings. The summed E-state index contributed by atoms with van der Waals surface area (Å²) in [6, 6.07) is 16.3. The maximum atomic E-state index is 11.2. The third kappa shape index (κ3) is 4.83. The smallest absolute Gasteiger partial charge is 0.391 e. The Morgan fingerprint density at radius 3 is 2.14 bits per heavy atom. The Kier molecular flexibility index (Phi) is 4.91. The fraction of sp³-hybridized carbons (Fsp3) is 0.133. The molecule has 2 aromatic carbocycles. The van der Waals surface area contributed by atoms with Crippen LogP contribution in [-0.2, 0) is 22.4 Å². The quantitative estimate of drug-likeness (QED) is 0.801. The first-order chi connectivity index (χ1) is 9.95. The summed E-state index contributed by atoms with van der Waals surface area (Å²) in [5.74, 6) is 0.631. The van der Waals surface area contributed by atoms with Crippen LogP contribution in [-0.4, -0.2) is 15.3 Å². The molecule has 0 unspecified atom stereocenters. The second kappa shape index (κ2) is 6.68. The summed E-state index contributed by atoms with van der Waals surface area (Å²) >= 11 is 0. The maximum Gasteiger partial charge on any atom is 0.391 e. The van der Waals surface area contributed by atoms with E-state index < -0.39 is 13.1 Å². The molecule has 0 aliphatic carbocycles. The molecule has 2 aromatic rings. The molecule has 0 atom stereocenters. The lowest BCUT2D eigenvalue weighted by molar-refractivity contribution is -0.112. The Balaban J connectivity index is 1.93. The molecule has 21 heavy (non-hydrogen) atoms. The highest BCUT2D eigenvalue weighted by atomic mass is 31.2. The molecular weight excluding hydrogens is 291 g/mol. The Hall–Kier alpha value is -1.94. The van der Waals surface area contributed by atoms with Crippen molar-refractivity contribution in [1.82, 2.24) is 0 Å². The van der Waals surface area contributed by atoms with Gasteiger partial charge in [-0.05, 0) is 23.3 Å². The predicted molar refractivity (Wildman–Crippen MR) is 78.0 cm³/mol. The van der Waals surface area contributed by atoms with Crippen molar-refractivity contribution in [2.24, 2.45) is 0 Å². The van der Waals surface area contributed by atoms with Crippen LogP contribution >= 0.6 is 7.60 Å². The van der Waals surface area contributed by atoms with Gasteiger partial charge < -0.3 is 14.5 Å². The van der Waals surface area contributed by atoms with E-state index in [1.165, 1.54) is 0 Å². The zero-order valence-electron chi connectivity index (χ0n) is 11.2. The van der Waals surface area contributed by atoms with E-state index in [9.17, 15) is 9.36 Å². The van der Waals surface area contributed by atoms with Gasteiger partial charge in [0.1, 0.15) is 12.4 Å². The largest absolute Gasteiger partial charge is 0.489 e. The van der Waals surface area contributed by atoms with Gasteiger partial charge in [0.15, 0.2) is 0 Å². The molecule has 110 valence electrons. The molecule has 0 heterocycles. The van der Waals surface area contributed by atoms with Crippen LogP contribution in [0.15, 0.2) is 54.6 Å². The van der Waals surface area contributed by atoms with Gasteiger partial charge in [-0.15, -0.1) is 0 Å². The van der Waals surface area contributed by atoms with E-state index in [0.29, 0.717) is 17.9 Å². The Morgan fingerprint density at radius 2 is 1.57 bits per heavy atom. The maximum absolute atomic E-state index is 11.2. The fourth-order valence-electron chi connectivity index (χ4n) is 1.72. The summed E-state index contributed by atoms with van der Waals surface area (Å²) in [5, 5.41) is 0. The van der Waals surface area contributed by atoms with Gasteiger partial charge >= 0.3 is 7.60 Å². The van der Waals surface area contributed by atoms with Crippen LogP contribution in [0.4, 0.5) is 0 Å². The van der Waals surface area contributed by atoms with Crippen molar-refractivity contribution in [3.8, 4) is 5.75 Å². The van der Waals surface area contributed by atoms with Crippen LogP contribution in [0, 0.1) is 0 Å². The molecule has 0 bridgehead atoms. The molecule has 0 spiro atoms. The number of hydrogen-bond donors (Lipinski definition) is 2. The molecular formula is C15H15O5P. The van der Waals surface area contributed by atoms with Gasteiger partial charge in [0.05, 0.1) is 0 Å².